The first-order valence-electron chi connectivity index (χ1n) is 9.85. The summed E-state index contributed by atoms with van der Waals surface area (Å²) in [6.45, 7) is 5.22. The number of aromatic nitrogens is 2. The largest absolute Gasteiger partial charge is 0.369 e. The van der Waals surface area contributed by atoms with Crippen molar-refractivity contribution in [1.29, 1.82) is 0 Å². The second kappa shape index (κ2) is 7.81. The van der Waals surface area contributed by atoms with Crippen LogP contribution in [0.3, 0.4) is 0 Å². The standard InChI is InChI=1S/C19H25ClN4O4S2/c1-14-19(15(2)24(21-14)18-6-11-29(25,26)13-18)30(27,28)23-9-7-22(8-10-23)17-5-3-4-16(20)12-17/h3-5,12,18H,6-11,13H2,1-2H3/t18-/m0/s1. The molecule has 0 radical (unpaired) electrons. The van der Waals surface area contributed by atoms with E-state index in [0.29, 0.717) is 49.0 Å². The Kier molecular flexibility index (Phi) is 5.63. The predicted molar refractivity (Wildman–Crippen MR) is 116 cm³/mol. The molecule has 0 aliphatic carbocycles. The van der Waals surface area contributed by atoms with Gasteiger partial charge in [0.25, 0.3) is 0 Å². The molecule has 30 heavy (non-hydrogen) atoms. The van der Waals surface area contributed by atoms with Crippen LogP contribution in [0.25, 0.3) is 0 Å². The van der Waals surface area contributed by atoms with E-state index in [1.807, 2.05) is 24.3 Å². The molecule has 2 saturated heterocycles. The zero-order valence-corrected chi connectivity index (χ0v) is 19.3. The Morgan fingerprint density at radius 3 is 2.43 bits per heavy atom. The topological polar surface area (TPSA) is 92.6 Å². The van der Waals surface area contributed by atoms with E-state index < -0.39 is 19.9 Å². The van der Waals surface area contributed by atoms with Crippen molar-refractivity contribution in [2.75, 3.05) is 42.6 Å². The van der Waals surface area contributed by atoms with Gasteiger partial charge in [-0.3, -0.25) is 4.68 Å². The van der Waals surface area contributed by atoms with Crippen molar-refractivity contribution in [1.82, 2.24) is 14.1 Å². The molecule has 0 amide bonds. The molecular formula is C19H25ClN4O4S2. The van der Waals surface area contributed by atoms with Crippen molar-refractivity contribution in [2.24, 2.45) is 0 Å². The number of hydrogen-bond acceptors (Lipinski definition) is 6. The fourth-order valence-corrected chi connectivity index (χ4v) is 7.99. The summed E-state index contributed by atoms with van der Waals surface area (Å²) in [4.78, 5) is 2.31. The summed E-state index contributed by atoms with van der Waals surface area (Å²) in [6.07, 6.45) is 0.460. The first-order valence-corrected chi connectivity index (χ1v) is 13.5. The maximum atomic E-state index is 13.4. The van der Waals surface area contributed by atoms with Crippen LogP contribution in [0.1, 0.15) is 23.9 Å². The van der Waals surface area contributed by atoms with E-state index in [2.05, 4.69) is 10.00 Å². The quantitative estimate of drug-likeness (QED) is 0.676. The Labute approximate surface area is 182 Å². The number of nitrogens with zero attached hydrogens (tertiary/aromatic N) is 4. The van der Waals surface area contributed by atoms with Gasteiger partial charge in [0.1, 0.15) is 4.90 Å². The van der Waals surface area contributed by atoms with Crippen LogP contribution in [0.15, 0.2) is 29.2 Å². The summed E-state index contributed by atoms with van der Waals surface area (Å²) in [5.74, 6) is 0.121. The van der Waals surface area contributed by atoms with Gasteiger partial charge in [0.2, 0.25) is 10.0 Å². The molecule has 11 heteroatoms. The van der Waals surface area contributed by atoms with Gasteiger partial charge in [-0.2, -0.15) is 9.40 Å². The van der Waals surface area contributed by atoms with Crippen molar-refractivity contribution < 1.29 is 16.8 Å². The summed E-state index contributed by atoms with van der Waals surface area (Å²) in [7, 11) is -6.82. The van der Waals surface area contributed by atoms with Crippen LogP contribution in [0, 0.1) is 13.8 Å². The molecule has 2 aliphatic rings. The third-order valence-corrected chi connectivity index (χ3v) is 9.96. The zero-order valence-electron chi connectivity index (χ0n) is 17.0. The summed E-state index contributed by atoms with van der Waals surface area (Å²) in [5.41, 5.74) is 1.89. The second-order valence-electron chi connectivity index (χ2n) is 7.87. The molecule has 164 valence electrons. The number of benzene rings is 1. The number of piperazine rings is 1. The lowest BCUT2D eigenvalue weighted by molar-refractivity contribution is 0.384. The van der Waals surface area contributed by atoms with E-state index >= 15 is 0 Å². The third-order valence-electron chi connectivity index (χ3n) is 5.82. The SMILES string of the molecule is Cc1nn([C@H]2CCS(=O)(=O)C2)c(C)c1S(=O)(=O)N1CCN(c2cccc(Cl)c2)CC1. The highest BCUT2D eigenvalue weighted by molar-refractivity contribution is 7.91. The highest BCUT2D eigenvalue weighted by atomic mass is 35.5. The molecule has 8 nitrogen and oxygen atoms in total. The van der Waals surface area contributed by atoms with E-state index in [1.165, 1.54) is 4.31 Å². The molecule has 0 saturated carbocycles. The van der Waals surface area contributed by atoms with Crippen LogP contribution in [-0.2, 0) is 19.9 Å². The molecule has 1 atom stereocenters. The van der Waals surface area contributed by atoms with Gasteiger partial charge in [0.15, 0.2) is 9.84 Å². The van der Waals surface area contributed by atoms with Crippen LogP contribution in [0.4, 0.5) is 5.69 Å². The lowest BCUT2D eigenvalue weighted by atomic mass is 10.2. The average molecular weight is 473 g/mol. The van der Waals surface area contributed by atoms with E-state index in [-0.39, 0.29) is 22.4 Å². The summed E-state index contributed by atoms with van der Waals surface area (Å²) < 4.78 is 53.6. The zero-order chi connectivity index (χ0) is 21.7. The molecule has 0 unspecified atom stereocenters. The number of sulfone groups is 1. The van der Waals surface area contributed by atoms with Crippen molar-refractivity contribution in [3.63, 3.8) is 0 Å². The number of rotatable bonds is 4. The molecule has 4 rings (SSSR count). The fourth-order valence-electron chi connectivity index (χ4n) is 4.33. The van der Waals surface area contributed by atoms with Gasteiger partial charge in [-0.1, -0.05) is 17.7 Å². The molecule has 0 bridgehead atoms. The van der Waals surface area contributed by atoms with Crippen LogP contribution in [-0.4, -0.2) is 68.6 Å². The lowest BCUT2D eigenvalue weighted by Gasteiger charge is -2.35. The summed E-state index contributed by atoms with van der Waals surface area (Å²) >= 11 is 6.07. The van der Waals surface area contributed by atoms with Gasteiger partial charge in [-0.05, 0) is 38.5 Å². The molecule has 2 aliphatic heterocycles. The first-order chi connectivity index (χ1) is 14.1. The number of aryl methyl sites for hydroxylation is 1. The first kappa shape index (κ1) is 21.6. The predicted octanol–water partition coefficient (Wildman–Crippen LogP) is 2.02. The van der Waals surface area contributed by atoms with Crippen molar-refractivity contribution in [2.45, 2.75) is 31.2 Å². The van der Waals surface area contributed by atoms with Gasteiger partial charge in [0, 0.05) is 36.9 Å². The molecule has 1 aromatic carbocycles. The fraction of sp³-hybridized carbons (Fsp3) is 0.526. The van der Waals surface area contributed by atoms with Crippen LogP contribution in [0.2, 0.25) is 5.02 Å². The van der Waals surface area contributed by atoms with E-state index in [1.54, 1.807) is 18.5 Å². The molecule has 0 spiro atoms. The van der Waals surface area contributed by atoms with Gasteiger partial charge in [-0.15, -0.1) is 0 Å². The second-order valence-corrected chi connectivity index (χ2v) is 12.4. The monoisotopic (exact) mass is 472 g/mol. The van der Waals surface area contributed by atoms with Crippen molar-refractivity contribution in [3.05, 3.63) is 40.7 Å². The Morgan fingerprint density at radius 1 is 1.13 bits per heavy atom. The molecule has 2 aromatic rings. The highest BCUT2D eigenvalue weighted by Gasteiger charge is 2.36. The van der Waals surface area contributed by atoms with Crippen LogP contribution in [0.5, 0.6) is 0 Å². The lowest BCUT2D eigenvalue weighted by Crippen LogP contribution is -2.48. The third kappa shape index (κ3) is 3.98. The minimum atomic E-state index is -3.73. The Balaban J connectivity index is 1.55. The number of sulfonamides is 1. The Morgan fingerprint density at radius 2 is 1.83 bits per heavy atom. The number of halogens is 1. The maximum Gasteiger partial charge on any atom is 0.246 e. The Bertz CT molecular complexity index is 1170. The van der Waals surface area contributed by atoms with Gasteiger partial charge in [0.05, 0.1) is 28.9 Å². The maximum absolute atomic E-state index is 13.4. The van der Waals surface area contributed by atoms with E-state index in [9.17, 15) is 16.8 Å². The van der Waals surface area contributed by atoms with Crippen LogP contribution < -0.4 is 4.90 Å². The molecule has 2 fully saturated rings. The molecule has 0 N–H and O–H groups in total. The van der Waals surface area contributed by atoms with E-state index in [4.69, 9.17) is 11.6 Å². The van der Waals surface area contributed by atoms with Gasteiger partial charge >= 0.3 is 0 Å². The normalized spacial score (nSPS) is 22.5. The minimum absolute atomic E-state index is 0.00670. The Hall–Kier alpha value is -1.62. The number of hydrogen-bond donors (Lipinski definition) is 0. The van der Waals surface area contributed by atoms with Crippen LogP contribution >= 0.6 is 11.6 Å². The van der Waals surface area contributed by atoms with Crippen molar-refractivity contribution >= 4 is 37.1 Å². The number of anilines is 1. The smallest absolute Gasteiger partial charge is 0.246 e. The summed E-state index contributed by atoms with van der Waals surface area (Å²) in [5, 5.41) is 5.06. The highest BCUT2D eigenvalue weighted by Crippen LogP contribution is 2.31. The average Bonchev–Trinajstić information content (AvgIpc) is 3.20. The van der Waals surface area contributed by atoms with Gasteiger partial charge < -0.3 is 4.90 Å². The molecule has 3 heterocycles. The summed E-state index contributed by atoms with van der Waals surface area (Å²) in [6, 6.07) is 7.22. The van der Waals surface area contributed by atoms with Gasteiger partial charge in [-0.25, -0.2) is 16.8 Å². The van der Waals surface area contributed by atoms with Crippen molar-refractivity contribution in [3.8, 4) is 0 Å². The van der Waals surface area contributed by atoms with E-state index in [0.717, 1.165) is 5.69 Å². The molecular weight excluding hydrogens is 448 g/mol. The minimum Gasteiger partial charge on any atom is -0.369 e. The molecule has 1 aromatic heterocycles.